The van der Waals surface area contributed by atoms with Crippen molar-refractivity contribution in [2.24, 2.45) is 0 Å². The second-order valence-electron chi connectivity index (χ2n) is 4.34. The highest BCUT2D eigenvalue weighted by Gasteiger charge is 2.10. The van der Waals surface area contributed by atoms with Crippen molar-refractivity contribution in [1.29, 1.82) is 0 Å². The number of hydrogen-bond acceptors (Lipinski definition) is 5. The first-order chi connectivity index (χ1) is 10.5. The molecule has 0 aromatic heterocycles. The van der Waals surface area contributed by atoms with Gasteiger partial charge >= 0.3 is 11.9 Å². The predicted octanol–water partition coefficient (Wildman–Crippen LogP) is 1.32. The van der Waals surface area contributed by atoms with E-state index >= 15 is 0 Å². The molecule has 2 N–H and O–H groups in total. The quantitative estimate of drug-likeness (QED) is 0.765. The summed E-state index contributed by atoms with van der Waals surface area (Å²) in [5, 5.41) is 14.8. The molecule has 1 aromatic carbocycles. The highest BCUT2D eigenvalue weighted by atomic mass is 79.9. The highest BCUT2D eigenvalue weighted by Crippen LogP contribution is 2.23. The van der Waals surface area contributed by atoms with Crippen LogP contribution in [-0.4, -0.2) is 66.5 Å². The maximum absolute atomic E-state index is 9.10. The summed E-state index contributed by atoms with van der Waals surface area (Å²) in [6.45, 7) is 5.40. The molecule has 1 fully saturated rings. The minimum absolute atomic E-state index is 0.725. The van der Waals surface area contributed by atoms with Gasteiger partial charge in [0.2, 0.25) is 0 Å². The number of para-hydroxylation sites is 1. The minimum atomic E-state index is -1.82. The van der Waals surface area contributed by atoms with Crippen molar-refractivity contribution >= 4 is 27.9 Å². The van der Waals surface area contributed by atoms with Crippen LogP contribution in [0.2, 0.25) is 0 Å². The fourth-order valence-corrected chi connectivity index (χ4v) is 2.07. The Bertz CT molecular complexity index is 478. The van der Waals surface area contributed by atoms with Crippen LogP contribution in [-0.2, 0) is 14.3 Å². The van der Waals surface area contributed by atoms with Crippen LogP contribution in [0.1, 0.15) is 0 Å². The van der Waals surface area contributed by atoms with Crippen molar-refractivity contribution in [2.75, 3.05) is 39.5 Å². The maximum Gasteiger partial charge on any atom is 0.414 e. The summed E-state index contributed by atoms with van der Waals surface area (Å²) in [4.78, 5) is 20.6. The fourth-order valence-electron chi connectivity index (χ4n) is 1.67. The number of ether oxygens (including phenoxy) is 2. The molecule has 1 aliphatic heterocycles. The van der Waals surface area contributed by atoms with E-state index in [1.165, 1.54) is 0 Å². The first kappa shape index (κ1) is 18.4. The maximum atomic E-state index is 9.10. The van der Waals surface area contributed by atoms with Crippen LogP contribution in [0.25, 0.3) is 0 Å². The Kier molecular flexibility index (Phi) is 8.49. The van der Waals surface area contributed by atoms with E-state index in [4.69, 9.17) is 29.3 Å². The van der Waals surface area contributed by atoms with Gasteiger partial charge in [0, 0.05) is 19.6 Å². The van der Waals surface area contributed by atoms with E-state index in [1.54, 1.807) is 0 Å². The average Bonchev–Trinajstić information content (AvgIpc) is 2.51. The van der Waals surface area contributed by atoms with Gasteiger partial charge in [-0.2, -0.15) is 0 Å². The van der Waals surface area contributed by atoms with E-state index in [0.29, 0.717) is 0 Å². The number of benzene rings is 1. The topological polar surface area (TPSA) is 96.3 Å². The van der Waals surface area contributed by atoms with Crippen molar-refractivity contribution in [1.82, 2.24) is 4.90 Å². The Balaban J connectivity index is 0.000000346. The summed E-state index contributed by atoms with van der Waals surface area (Å²) in [6.07, 6.45) is 0. The zero-order chi connectivity index (χ0) is 16.4. The number of hydrogen-bond donors (Lipinski definition) is 2. The monoisotopic (exact) mass is 375 g/mol. The summed E-state index contributed by atoms with van der Waals surface area (Å²) >= 11 is 3.46. The number of nitrogens with zero attached hydrogens (tertiary/aromatic N) is 1. The lowest BCUT2D eigenvalue weighted by molar-refractivity contribution is -0.159. The molecule has 0 atom stereocenters. The number of halogens is 1. The van der Waals surface area contributed by atoms with Crippen LogP contribution in [0.3, 0.4) is 0 Å². The van der Waals surface area contributed by atoms with Crippen LogP contribution < -0.4 is 4.74 Å². The normalized spacial score (nSPS) is 14.6. The van der Waals surface area contributed by atoms with Crippen molar-refractivity contribution in [2.45, 2.75) is 0 Å². The van der Waals surface area contributed by atoms with Crippen LogP contribution in [0.5, 0.6) is 5.75 Å². The third-order valence-corrected chi connectivity index (χ3v) is 3.44. The van der Waals surface area contributed by atoms with Gasteiger partial charge in [0.1, 0.15) is 12.4 Å². The standard InChI is InChI=1S/C12H16BrNO2.C2H2O4/c13-11-3-1-2-4-12(11)16-10-7-14-5-8-15-9-6-14;3-1(4)2(5)6/h1-4H,5-10H2;(H,3,4)(H,5,6). The molecule has 0 unspecified atom stereocenters. The van der Waals surface area contributed by atoms with E-state index in [1.807, 2.05) is 24.3 Å². The number of carbonyl (C=O) groups is 2. The van der Waals surface area contributed by atoms with Crippen LogP contribution >= 0.6 is 15.9 Å². The third-order valence-electron chi connectivity index (χ3n) is 2.79. The zero-order valence-electron chi connectivity index (χ0n) is 11.9. The van der Waals surface area contributed by atoms with E-state index in [9.17, 15) is 0 Å². The Morgan fingerprint density at radius 1 is 1.18 bits per heavy atom. The molecule has 1 aromatic rings. The molecule has 0 saturated carbocycles. The first-order valence-corrected chi connectivity index (χ1v) is 7.43. The van der Waals surface area contributed by atoms with Gasteiger partial charge in [0.05, 0.1) is 17.7 Å². The van der Waals surface area contributed by atoms with Gasteiger partial charge in [-0.15, -0.1) is 0 Å². The lowest BCUT2D eigenvalue weighted by atomic mass is 10.3. The number of aliphatic carboxylic acids is 2. The van der Waals surface area contributed by atoms with Gasteiger partial charge in [0.15, 0.2) is 0 Å². The van der Waals surface area contributed by atoms with Gasteiger partial charge < -0.3 is 19.7 Å². The summed E-state index contributed by atoms with van der Waals surface area (Å²) in [5.41, 5.74) is 0. The number of carboxylic acids is 2. The van der Waals surface area contributed by atoms with E-state index in [2.05, 4.69) is 20.8 Å². The molecule has 22 heavy (non-hydrogen) atoms. The number of morpholine rings is 1. The van der Waals surface area contributed by atoms with Gasteiger partial charge in [-0.3, -0.25) is 4.90 Å². The summed E-state index contributed by atoms with van der Waals surface area (Å²) in [5.74, 6) is -2.74. The molecule has 1 aliphatic rings. The van der Waals surface area contributed by atoms with Crippen molar-refractivity contribution in [3.63, 3.8) is 0 Å². The number of carboxylic acid groups (broad SMARTS) is 2. The lowest BCUT2D eigenvalue weighted by Gasteiger charge is -2.26. The molecule has 0 radical (unpaired) electrons. The molecule has 1 saturated heterocycles. The summed E-state index contributed by atoms with van der Waals surface area (Å²) in [6, 6.07) is 7.93. The van der Waals surface area contributed by atoms with Crippen molar-refractivity contribution < 1.29 is 29.3 Å². The molecule has 7 nitrogen and oxygen atoms in total. The number of rotatable bonds is 4. The lowest BCUT2D eigenvalue weighted by Crippen LogP contribution is -2.38. The first-order valence-electron chi connectivity index (χ1n) is 6.64. The molecule has 0 amide bonds. The molecule has 2 rings (SSSR count). The van der Waals surface area contributed by atoms with Crippen molar-refractivity contribution in [3.8, 4) is 5.75 Å². The molecule has 8 heteroatoms. The van der Waals surface area contributed by atoms with E-state index in [0.717, 1.165) is 49.7 Å². The van der Waals surface area contributed by atoms with Gasteiger partial charge in [-0.25, -0.2) is 9.59 Å². The molecule has 0 bridgehead atoms. The Hall–Kier alpha value is -1.64. The van der Waals surface area contributed by atoms with Crippen LogP contribution in [0.15, 0.2) is 28.7 Å². The average molecular weight is 376 g/mol. The Labute approximate surface area is 136 Å². The van der Waals surface area contributed by atoms with Gasteiger partial charge in [-0.05, 0) is 28.1 Å². The van der Waals surface area contributed by atoms with Crippen LogP contribution in [0.4, 0.5) is 0 Å². The summed E-state index contributed by atoms with van der Waals surface area (Å²) < 4.78 is 12.0. The van der Waals surface area contributed by atoms with E-state index < -0.39 is 11.9 Å². The zero-order valence-corrected chi connectivity index (χ0v) is 13.5. The molecule has 122 valence electrons. The molecule has 0 spiro atoms. The summed E-state index contributed by atoms with van der Waals surface area (Å²) in [7, 11) is 0. The van der Waals surface area contributed by atoms with Gasteiger partial charge in [0.25, 0.3) is 0 Å². The minimum Gasteiger partial charge on any atom is -0.491 e. The molecular formula is C14H18BrNO6. The molecule has 0 aliphatic carbocycles. The molecule has 1 heterocycles. The predicted molar refractivity (Wildman–Crippen MR) is 82.2 cm³/mol. The van der Waals surface area contributed by atoms with Gasteiger partial charge in [-0.1, -0.05) is 12.1 Å². The van der Waals surface area contributed by atoms with Crippen molar-refractivity contribution in [3.05, 3.63) is 28.7 Å². The Morgan fingerprint density at radius 2 is 1.77 bits per heavy atom. The smallest absolute Gasteiger partial charge is 0.414 e. The largest absolute Gasteiger partial charge is 0.491 e. The second kappa shape index (κ2) is 10.1. The molecular weight excluding hydrogens is 358 g/mol. The third kappa shape index (κ3) is 7.39. The van der Waals surface area contributed by atoms with Crippen LogP contribution in [0, 0.1) is 0 Å². The Morgan fingerprint density at radius 3 is 2.32 bits per heavy atom. The highest BCUT2D eigenvalue weighted by molar-refractivity contribution is 9.10. The SMILES string of the molecule is Brc1ccccc1OCCN1CCOCC1.O=C(O)C(=O)O. The fraction of sp³-hybridized carbons (Fsp3) is 0.429. The van der Waals surface area contributed by atoms with E-state index in [-0.39, 0.29) is 0 Å². The second-order valence-corrected chi connectivity index (χ2v) is 5.20.